The zero-order valence-electron chi connectivity index (χ0n) is 23.1. The molecule has 0 bridgehead atoms. The number of aryl methyl sites for hydroxylation is 1. The topological polar surface area (TPSA) is 135 Å². The van der Waals surface area contributed by atoms with E-state index in [-0.39, 0.29) is 16.7 Å². The molecule has 214 valence electrons. The second-order valence-electron chi connectivity index (χ2n) is 10.3. The lowest BCUT2D eigenvalue weighted by molar-refractivity contribution is -0.136. The Balaban J connectivity index is 1.90. The molecule has 1 N–H and O–H groups in total. The SMILES string of the molecule is COC(=O)/C(NC(=O)OC(C)(C)C)=C(\OS(=O)(=O)c1ccc(C)cc1)c1cccc2c1cnn2C1CCCCO1. The van der Waals surface area contributed by atoms with Crippen LogP contribution < -0.4 is 5.32 Å². The van der Waals surface area contributed by atoms with Crippen LogP contribution in [0.1, 0.15) is 57.4 Å². The monoisotopic (exact) mass is 571 g/mol. The normalized spacial score (nSPS) is 16.7. The number of ether oxygens (including phenoxy) is 3. The highest BCUT2D eigenvalue weighted by Crippen LogP contribution is 2.34. The van der Waals surface area contributed by atoms with Gasteiger partial charge < -0.3 is 18.4 Å². The minimum absolute atomic E-state index is 0.143. The summed E-state index contributed by atoms with van der Waals surface area (Å²) in [6.07, 6.45) is 2.92. The van der Waals surface area contributed by atoms with Gasteiger partial charge in [0.25, 0.3) is 0 Å². The molecule has 1 unspecified atom stereocenters. The van der Waals surface area contributed by atoms with Crippen LogP contribution in [-0.2, 0) is 33.3 Å². The van der Waals surface area contributed by atoms with E-state index in [9.17, 15) is 18.0 Å². The van der Waals surface area contributed by atoms with E-state index in [1.807, 2.05) is 6.92 Å². The number of nitrogens with zero attached hydrogens (tertiary/aromatic N) is 2. The van der Waals surface area contributed by atoms with Crippen molar-refractivity contribution in [3.8, 4) is 0 Å². The van der Waals surface area contributed by atoms with Crippen molar-refractivity contribution < 1.29 is 36.4 Å². The predicted molar refractivity (Wildman–Crippen MR) is 146 cm³/mol. The van der Waals surface area contributed by atoms with Gasteiger partial charge in [-0.2, -0.15) is 13.5 Å². The molecule has 4 rings (SSSR count). The molecule has 1 aliphatic rings. The average molecular weight is 572 g/mol. The number of carbonyl (C=O) groups excluding carboxylic acids is 2. The molecule has 0 aliphatic carbocycles. The number of aromatic nitrogens is 2. The molecule has 1 atom stereocenters. The molecule has 0 saturated carbocycles. The first-order valence-electron chi connectivity index (χ1n) is 12.8. The molecule has 1 aliphatic heterocycles. The molecule has 2 aromatic carbocycles. The summed E-state index contributed by atoms with van der Waals surface area (Å²) in [4.78, 5) is 25.6. The fourth-order valence-electron chi connectivity index (χ4n) is 4.21. The zero-order chi connectivity index (χ0) is 29.1. The van der Waals surface area contributed by atoms with Gasteiger partial charge in [-0.15, -0.1) is 0 Å². The van der Waals surface area contributed by atoms with Gasteiger partial charge in [0.1, 0.15) is 10.5 Å². The van der Waals surface area contributed by atoms with E-state index in [4.69, 9.17) is 18.4 Å². The van der Waals surface area contributed by atoms with Gasteiger partial charge >= 0.3 is 22.2 Å². The lowest BCUT2D eigenvalue weighted by Gasteiger charge is -2.23. The van der Waals surface area contributed by atoms with Crippen molar-refractivity contribution in [1.29, 1.82) is 0 Å². The summed E-state index contributed by atoms with van der Waals surface area (Å²) < 4.78 is 50.4. The molecule has 2 heterocycles. The molecule has 0 radical (unpaired) electrons. The number of nitrogens with one attached hydrogen (secondary N) is 1. The number of carbonyl (C=O) groups is 2. The largest absolute Gasteiger partial charge is 0.464 e. The summed E-state index contributed by atoms with van der Waals surface area (Å²) in [5.74, 6) is -1.49. The van der Waals surface area contributed by atoms with Crippen LogP contribution in [0.5, 0.6) is 0 Å². The van der Waals surface area contributed by atoms with Crippen molar-refractivity contribution in [2.75, 3.05) is 13.7 Å². The Morgan fingerprint density at radius 1 is 1.10 bits per heavy atom. The van der Waals surface area contributed by atoms with Crippen LogP contribution >= 0.6 is 0 Å². The fourth-order valence-corrected chi connectivity index (χ4v) is 5.17. The Kier molecular flexibility index (Phi) is 8.50. The van der Waals surface area contributed by atoms with Crippen LogP contribution in [0.25, 0.3) is 16.7 Å². The summed E-state index contributed by atoms with van der Waals surface area (Å²) >= 11 is 0. The number of hydrogen-bond acceptors (Lipinski definition) is 9. The maximum atomic E-state index is 13.5. The summed E-state index contributed by atoms with van der Waals surface area (Å²) in [6.45, 7) is 7.36. The summed E-state index contributed by atoms with van der Waals surface area (Å²) in [5, 5.41) is 7.31. The molecule has 1 amide bonds. The molecular weight excluding hydrogens is 538 g/mol. The third kappa shape index (κ3) is 6.62. The number of benzene rings is 2. The van der Waals surface area contributed by atoms with E-state index < -0.39 is 39.2 Å². The number of alkyl carbamates (subject to hydrolysis) is 1. The summed E-state index contributed by atoms with van der Waals surface area (Å²) in [7, 11) is -3.37. The van der Waals surface area contributed by atoms with Gasteiger partial charge in [0.15, 0.2) is 17.7 Å². The fraction of sp³-hybridized carbons (Fsp3) is 0.393. The maximum absolute atomic E-state index is 13.5. The maximum Gasteiger partial charge on any atom is 0.412 e. The number of rotatable bonds is 7. The third-order valence-corrected chi connectivity index (χ3v) is 7.30. The van der Waals surface area contributed by atoms with Crippen molar-refractivity contribution in [1.82, 2.24) is 15.1 Å². The zero-order valence-corrected chi connectivity index (χ0v) is 23.9. The van der Waals surface area contributed by atoms with E-state index in [1.54, 1.807) is 55.8 Å². The van der Waals surface area contributed by atoms with Gasteiger partial charge in [0.2, 0.25) is 0 Å². The van der Waals surface area contributed by atoms with Crippen molar-refractivity contribution in [2.45, 2.75) is 63.7 Å². The highest BCUT2D eigenvalue weighted by Gasteiger charge is 2.31. The second kappa shape index (κ2) is 11.7. The second-order valence-corrected chi connectivity index (χ2v) is 11.9. The summed E-state index contributed by atoms with van der Waals surface area (Å²) in [5.41, 5.74) is 0.202. The molecular formula is C28H33N3O8S. The quantitative estimate of drug-likeness (QED) is 0.183. The standard InChI is InChI=1S/C28H33N3O8S/c1-18-12-14-19(15-13-18)40(34,35)39-25(24(26(32)36-5)30-27(33)38-28(2,3)4)20-9-8-10-22-21(20)17-29-31(22)23-11-6-7-16-37-23/h8-10,12-15,17,23H,6-7,11,16H2,1-5H3,(H,30,33)/b25-24+. The van der Waals surface area contributed by atoms with E-state index >= 15 is 0 Å². The molecule has 12 heteroatoms. The van der Waals surface area contributed by atoms with Crippen molar-refractivity contribution in [2.24, 2.45) is 0 Å². The van der Waals surface area contributed by atoms with Crippen molar-refractivity contribution in [3.05, 3.63) is 65.5 Å². The highest BCUT2D eigenvalue weighted by molar-refractivity contribution is 7.87. The van der Waals surface area contributed by atoms with Gasteiger partial charge in [-0.25, -0.2) is 14.3 Å². The van der Waals surface area contributed by atoms with E-state index in [0.717, 1.165) is 31.9 Å². The predicted octanol–water partition coefficient (Wildman–Crippen LogP) is 4.82. The lowest BCUT2D eigenvalue weighted by Crippen LogP contribution is -2.35. The van der Waals surface area contributed by atoms with Crippen LogP contribution in [0.4, 0.5) is 4.79 Å². The van der Waals surface area contributed by atoms with E-state index in [1.165, 1.54) is 18.3 Å². The average Bonchev–Trinajstić information content (AvgIpc) is 3.34. The van der Waals surface area contributed by atoms with Crippen LogP contribution in [0.3, 0.4) is 0 Å². The molecule has 40 heavy (non-hydrogen) atoms. The molecule has 11 nitrogen and oxygen atoms in total. The minimum Gasteiger partial charge on any atom is -0.464 e. The van der Waals surface area contributed by atoms with Gasteiger partial charge in [-0.3, -0.25) is 5.32 Å². The van der Waals surface area contributed by atoms with Gasteiger partial charge in [0, 0.05) is 17.6 Å². The first kappa shape index (κ1) is 29.1. The van der Waals surface area contributed by atoms with Gasteiger partial charge in [-0.1, -0.05) is 29.8 Å². The highest BCUT2D eigenvalue weighted by atomic mass is 32.2. The van der Waals surface area contributed by atoms with Crippen LogP contribution in [0, 0.1) is 6.92 Å². The van der Waals surface area contributed by atoms with Crippen LogP contribution in [0.2, 0.25) is 0 Å². The number of methoxy groups -OCH3 is 1. The first-order valence-corrected chi connectivity index (χ1v) is 14.2. The van der Waals surface area contributed by atoms with Crippen molar-refractivity contribution in [3.63, 3.8) is 0 Å². The Hall–Kier alpha value is -3.90. The number of esters is 1. The number of amides is 1. The molecule has 0 spiro atoms. The molecule has 1 saturated heterocycles. The smallest absolute Gasteiger partial charge is 0.412 e. The minimum atomic E-state index is -4.47. The van der Waals surface area contributed by atoms with Gasteiger partial charge in [-0.05, 0) is 65.2 Å². The van der Waals surface area contributed by atoms with E-state index in [0.29, 0.717) is 17.5 Å². The van der Waals surface area contributed by atoms with Crippen LogP contribution in [0.15, 0.2) is 59.3 Å². The summed E-state index contributed by atoms with van der Waals surface area (Å²) in [6, 6.07) is 11.1. The Labute approximate surface area is 233 Å². The Morgan fingerprint density at radius 2 is 1.82 bits per heavy atom. The molecule has 1 fully saturated rings. The van der Waals surface area contributed by atoms with Crippen LogP contribution in [-0.4, -0.2) is 49.6 Å². The molecule has 1 aromatic heterocycles. The number of fused-ring (bicyclic) bond motifs is 1. The van der Waals surface area contributed by atoms with E-state index in [2.05, 4.69) is 10.4 Å². The number of hydrogen-bond donors (Lipinski definition) is 1. The Morgan fingerprint density at radius 3 is 2.45 bits per heavy atom. The first-order chi connectivity index (χ1) is 18.9. The Bertz CT molecular complexity index is 1530. The molecule has 3 aromatic rings. The lowest BCUT2D eigenvalue weighted by atomic mass is 10.1. The van der Waals surface area contributed by atoms with Gasteiger partial charge in [0.05, 0.1) is 18.8 Å². The third-order valence-electron chi connectivity index (χ3n) is 6.06. The van der Waals surface area contributed by atoms with Crippen molar-refractivity contribution >= 4 is 38.8 Å².